The van der Waals surface area contributed by atoms with Crippen molar-refractivity contribution in [1.82, 2.24) is 0 Å². The second kappa shape index (κ2) is 16.0. The van der Waals surface area contributed by atoms with Crippen molar-refractivity contribution in [2.45, 2.75) is 71.3 Å². The van der Waals surface area contributed by atoms with Gasteiger partial charge in [-0.3, -0.25) is 0 Å². The van der Waals surface area contributed by atoms with Gasteiger partial charge in [0.2, 0.25) is 0 Å². The van der Waals surface area contributed by atoms with E-state index in [0.29, 0.717) is 13.0 Å². The summed E-state index contributed by atoms with van der Waals surface area (Å²) in [5.74, 6) is -0.878. The van der Waals surface area contributed by atoms with Crippen LogP contribution in [-0.2, 0) is 9.53 Å². The minimum Gasteiger partial charge on any atom is -0.479 e. The maximum Gasteiger partial charge on any atom is 0.332 e. The number of aliphatic carboxylic acids is 1. The van der Waals surface area contributed by atoms with Crippen molar-refractivity contribution in [2.75, 3.05) is 6.61 Å². The number of carbonyl (C=O) groups is 1. The van der Waals surface area contributed by atoms with E-state index >= 15 is 0 Å². The van der Waals surface area contributed by atoms with Gasteiger partial charge in [0.25, 0.3) is 0 Å². The summed E-state index contributed by atoms with van der Waals surface area (Å²) in [5.41, 5.74) is 0. The second-order valence-electron chi connectivity index (χ2n) is 5.28. The highest BCUT2D eigenvalue weighted by Gasteiger charge is 2.13. The number of unbranched alkanes of at least 4 members (excludes halogenated alkanes) is 3. The predicted molar refractivity (Wildman–Crippen MR) is 93.1 cm³/mol. The van der Waals surface area contributed by atoms with Crippen LogP contribution in [0.25, 0.3) is 0 Å². The van der Waals surface area contributed by atoms with Crippen molar-refractivity contribution in [3.8, 4) is 0 Å². The summed E-state index contributed by atoms with van der Waals surface area (Å²) >= 11 is 0. The van der Waals surface area contributed by atoms with Crippen molar-refractivity contribution in [1.29, 1.82) is 0 Å². The molecule has 0 aromatic heterocycles. The van der Waals surface area contributed by atoms with Crippen LogP contribution in [0, 0.1) is 0 Å². The molecule has 0 amide bonds. The SMILES string of the molecule is CCCCC/C=C\C/C=C\C/C=C\CCOC(CC)C(=O)O. The highest BCUT2D eigenvalue weighted by Crippen LogP contribution is 2.01. The van der Waals surface area contributed by atoms with Gasteiger partial charge in [0.15, 0.2) is 6.10 Å². The van der Waals surface area contributed by atoms with Crippen molar-refractivity contribution < 1.29 is 14.6 Å². The van der Waals surface area contributed by atoms with Crippen molar-refractivity contribution in [3.63, 3.8) is 0 Å². The van der Waals surface area contributed by atoms with Gasteiger partial charge in [-0.15, -0.1) is 0 Å². The third-order valence-corrected chi connectivity index (χ3v) is 3.27. The summed E-state index contributed by atoms with van der Waals surface area (Å²) in [4.78, 5) is 10.7. The fraction of sp³-hybridized carbons (Fsp3) is 0.632. The molecule has 0 bridgehead atoms. The first-order chi connectivity index (χ1) is 10.7. The fourth-order valence-electron chi connectivity index (χ4n) is 1.93. The van der Waals surface area contributed by atoms with Crippen molar-refractivity contribution in [2.24, 2.45) is 0 Å². The summed E-state index contributed by atoms with van der Waals surface area (Å²) in [6.07, 6.45) is 20.5. The Kier molecular flexibility index (Phi) is 15.0. The lowest BCUT2D eigenvalue weighted by Gasteiger charge is -2.09. The molecular formula is C19H32O3. The largest absolute Gasteiger partial charge is 0.479 e. The molecule has 0 aliphatic rings. The van der Waals surface area contributed by atoms with Crippen LogP contribution in [0.3, 0.4) is 0 Å². The van der Waals surface area contributed by atoms with Gasteiger partial charge in [0, 0.05) is 0 Å². The van der Waals surface area contributed by atoms with E-state index in [1.165, 1.54) is 25.7 Å². The van der Waals surface area contributed by atoms with E-state index in [-0.39, 0.29) is 0 Å². The Hall–Kier alpha value is -1.35. The molecule has 0 heterocycles. The summed E-state index contributed by atoms with van der Waals surface area (Å²) in [6.45, 7) is 4.50. The van der Waals surface area contributed by atoms with Crippen LogP contribution in [0.2, 0.25) is 0 Å². The van der Waals surface area contributed by atoms with Gasteiger partial charge in [-0.1, -0.05) is 63.1 Å². The third kappa shape index (κ3) is 13.6. The number of ether oxygens (including phenoxy) is 1. The van der Waals surface area contributed by atoms with Gasteiger partial charge in [0.05, 0.1) is 6.61 Å². The zero-order valence-corrected chi connectivity index (χ0v) is 14.2. The number of rotatable bonds is 14. The number of allylic oxidation sites excluding steroid dienone is 5. The first kappa shape index (κ1) is 20.6. The van der Waals surface area contributed by atoms with Gasteiger partial charge in [-0.25, -0.2) is 4.79 Å². The average Bonchev–Trinajstić information content (AvgIpc) is 2.51. The zero-order chi connectivity index (χ0) is 16.5. The molecule has 0 rings (SSSR count). The Bertz CT molecular complexity index is 343. The van der Waals surface area contributed by atoms with E-state index in [2.05, 4.69) is 37.3 Å². The molecule has 0 saturated heterocycles. The van der Waals surface area contributed by atoms with Crippen LogP contribution < -0.4 is 0 Å². The molecule has 1 unspecified atom stereocenters. The quantitative estimate of drug-likeness (QED) is 0.350. The lowest BCUT2D eigenvalue weighted by Crippen LogP contribution is -2.23. The Balaban J connectivity index is 3.50. The molecule has 0 radical (unpaired) electrons. The molecule has 3 heteroatoms. The van der Waals surface area contributed by atoms with Gasteiger partial charge in [-0.2, -0.15) is 0 Å². The molecule has 0 aromatic carbocycles. The van der Waals surface area contributed by atoms with Crippen LogP contribution in [0.1, 0.15) is 65.2 Å². The molecule has 126 valence electrons. The molecule has 1 N–H and O–H groups in total. The molecule has 0 aromatic rings. The van der Waals surface area contributed by atoms with E-state index in [0.717, 1.165) is 19.3 Å². The van der Waals surface area contributed by atoms with E-state index in [4.69, 9.17) is 9.84 Å². The number of hydrogen-bond donors (Lipinski definition) is 1. The lowest BCUT2D eigenvalue weighted by atomic mass is 10.2. The molecule has 0 fully saturated rings. The number of carboxylic acids is 1. The molecule has 22 heavy (non-hydrogen) atoms. The van der Waals surface area contributed by atoms with Crippen LogP contribution in [0.4, 0.5) is 0 Å². The van der Waals surface area contributed by atoms with Crippen LogP contribution in [0.15, 0.2) is 36.5 Å². The molecular weight excluding hydrogens is 276 g/mol. The lowest BCUT2D eigenvalue weighted by molar-refractivity contribution is -0.150. The average molecular weight is 308 g/mol. The normalized spacial score (nSPS) is 13.5. The second-order valence-corrected chi connectivity index (χ2v) is 5.28. The number of carboxylic acid groups (broad SMARTS) is 1. The van der Waals surface area contributed by atoms with Crippen LogP contribution in [-0.4, -0.2) is 23.8 Å². The smallest absolute Gasteiger partial charge is 0.332 e. The molecule has 3 nitrogen and oxygen atoms in total. The molecule has 0 spiro atoms. The van der Waals surface area contributed by atoms with Crippen LogP contribution >= 0.6 is 0 Å². The summed E-state index contributed by atoms with van der Waals surface area (Å²) in [5, 5.41) is 8.82. The predicted octanol–water partition coefficient (Wildman–Crippen LogP) is 5.29. The standard InChI is InChI=1S/C19H32O3/c1-3-5-6-7-8-9-10-11-12-13-14-15-16-17-22-18(4-2)19(20)21/h8-9,11-12,14-15,18H,3-7,10,13,16-17H2,1-2H3,(H,20,21)/b9-8-,12-11-,15-14-. The molecule has 0 saturated carbocycles. The molecule has 0 aliphatic heterocycles. The van der Waals surface area contributed by atoms with Gasteiger partial charge in [0.1, 0.15) is 0 Å². The minimum absolute atomic E-state index is 0.464. The first-order valence-electron chi connectivity index (χ1n) is 8.51. The Morgan fingerprint density at radius 3 is 2.09 bits per heavy atom. The Morgan fingerprint density at radius 1 is 0.955 bits per heavy atom. The van der Waals surface area contributed by atoms with E-state index < -0.39 is 12.1 Å². The van der Waals surface area contributed by atoms with Crippen LogP contribution in [0.5, 0.6) is 0 Å². The van der Waals surface area contributed by atoms with Crippen molar-refractivity contribution >= 4 is 5.97 Å². The molecule has 1 atom stereocenters. The topological polar surface area (TPSA) is 46.5 Å². The summed E-state index contributed by atoms with van der Waals surface area (Å²) in [7, 11) is 0. The minimum atomic E-state index is -0.878. The molecule has 0 aliphatic carbocycles. The van der Waals surface area contributed by atoms with Gasteiger partial charge >= 0.3 is 5.97 Å². The number of hydrogen-bond acceptors (Lipinski definition) is 2. The maximum absolute atomic E-state index is 10.7. The monoisotopic (exact) mass is 308 g/mol. The van der Waals surface area contributed by atoms with E-state index in [1.807, 2.05) is 13.0 Å². The third-order valence-electron chi connectivity index (χ3n) is 3.27. The van der Waals surface area contributed by atoms with E-state index in [9.17, 15) is 4.79 Å². The van der Waals surface area contributed by atoms with E-state index in [1.54, 1.807) is 0 Å². The zero-order valence-electron chi connectivity index (χ0n) is 14.2. The fourth-order valence-corrected chi connectivity index (χ4v) is 1.93. The maximum atomic E-state index is 10.7. The Labute approximate surface area is 135 Å². The van der Waals surface area contributed by atoms with Crippen molar-refractivity contribution in [3.05, 3.63) is 36.5 Å². The summed E-state index contributed by atoms with van der Waals surface area (Å²) < 4.78 is 5.27. The first-order valence-corrected chi connectivity index (χ1v) is 8.51. The van der Waals surface area contributed by atoms with Gasteiger partial charge < -0.3 is 9.84 Å². The highest BCUT2D eigenvalue weighted by molar-refractivity contribution is 5.72. The van der Waals surface area contributed by atoms with Gasteiger partial charge in [-0.05, 0) is 38.5 Å². The summed E-state index contributed by atoms with van der Waals surface area (Å²) in [6, 6.07) is 0. The highest BCUT2D eigenvalue weighted by atomic mass is 16.5. The Morgan fingerprint density at radius 2 is 1.55 bits per heavy atom.